The van der Waals surface area contributed by atoms with Gasteiger partial charge in [0.25, 0.3) is 5.91 Å². The molecule has 2 aliphatic heterocycles. The summed E-state index contributed by atoms with van der Waals surface area (Å²) in [4.78, 5) is 16.8. The van der Waals surface area contributed by atoms with Gasteiger partial charge in [-0.3, -0.25) is 4.79 Å². The maximum Gasteiger partial charge on any atom is 0.256 e. The summed E-state index contributed by atoms with van der Waals surface area (Å²) in [7, 11) is 2.00. The molecule has 0 aliphatic carbocycles. The van der Waals surface area contributed by atoms with E-state index in [1.807, 2.05) is 29.6 Å². The van der Waals surface area contributed by atoms with Crippen LogP contribution in [0.3, 0.4) is 0 Å². The van der Waals surface area contributed by atoms with Crippen molar-refractivity contribution in [2.45, 2.75) is 30.9 Å². The largest absolute Gasteiger partial charge is 0.385 e. The number of β-amino-alcohol motifs (C(OH)–C–C–N with tert-alkyl or cyclic N) is 1. The number of piperidine rings is 1. The molecule has 2 aromatic rings. The average molecular weight is 527 g/mol. The minimum absolute atomic E-state index is 0.0296. The number of carbonyl (C=O) groups is 1. The summed E-state index contributed by atoms with van der Waals surface area (Å²) >= 11 is 2.00. The number of nitrogens with zero attached hydrogens (tertiary/aromatic N) is 2. The molecule has 1 atom stereocenters. The van der Waals surface area contributed by atoms with E-state index in [0.29, 0.717) is 0 Å². The normalized spacial score (nSPS) is 21.2. The second-order valence-corrected chi connectivity index (χ2v) is 9.44. The Morgan fingerprint density at radius 1 is 1.17 bits per heavy atom. The van der Waals surface area contributed by atoms with Crippen LogP contribution < -0.4 is 5.32 Å². The van der Waals surface area contributed by atoms with Crippen molar-refractivity contribution in [1.82, 2.24) is 9.80 Å². The van der Waals surface area contributed by atoms with Gasteiger partial charge in [0, 0.05) is 9.61 Å². The number of likely N-dealkylation sites (tertiary alicyclic amines) is 2. The first-order chi connectivity index (χ1) is 14.3. The Bertz CT molecular complexity index is 965. The van der Waals surface area contributed by atoms with Crippen LogP contribution in [-0.2, 0) is 0 Å². The number of hydrogen-bond acceptors (Lipinski definition) is 4. The zero-order chi connectivity index (χ0) is 21.5. The van der Waals surface area contributed by atoms with Gasteiger partial charge in [0.15, 0.2) is 0 Å². The highest BCUT2D eigenvalue weighted by atomic mass is 127. The summed E-state index contributed by atoms with van der Waals surface area (Å²) in [6.07, 6.45) is 3.09. The van der Waals surface area contributed by atoms with Crippen LogP contribution in [-0.4, -0.2) is 59.1 Å². The highest BCUT2D eigenvalue weighted by Crippen LogP contribution is 2.35. The number of hydrogen-bond donors (Lipinski definition) is 2. The molecule has 0 radical (unpaired) electrons. The van der Waals surface area contributed by atoms with Gasteiger partial charge < -0.3 is 20.2 Å². The number of anilines is 2. The molecule has 8 heteroatoms. The molecule has 2 aliphatic rings. The van der Waals surface area contributed by atoms with Gasteiger partial charge in [-0.1, -0.05) is 6.42 Å². The number of rotatable bonds is 4. The number of nitrogens with one attached hydrogen (secondary N) is 1. The van der Waals surface area contributed by atoms with E-state index in [9.17, 15) is 18.7 Å². The fourth-order valence-electron chi connectivity index (χ4n) is 4.44. The van der Waals surface area contributed by atoms with E-state index in [1.165, 1.54) is 24.3 Å². The number of aliphatic hydroxyl groups is 1. The SMILES string of the molecule is CN1CCCC[C@H]1C1(O)CN(C(=O)c2ccc(F)cc2Nc2ccc(I)cc2F)C1. The van der Waals surface area contributed by atoms with Gasteiger partial charge in [-0.2, -0.15) is 0 Å². The molecule has 0 saturated carbocycles. The second-order valence-electron chi connectivity index (χ2n) is 8.20. The summed E-state index contributed by atoms with van der Waals surface area (Å²) in [6, 6.07) is 8.46. The van der Waals surface area contributed by atoms with Crippen molar-refractivity contribution < 1.29 is 18.7 Å². The molecule has 2 aromatic carbocycles. The van der Waals surface area contributed by atoms with Crippen LogP contribution in [0, 0.1) is 15.2 Å². The van der Waals surface area contributed by atoms with Gasteiger partial charge in [0.2, 0.25) is 0 Å². The van der Waals surface area contributed by atoms with Gasteiger partial charge in [-0.15, -0.1) is 0 Å². The van der Waals surface area contributed by atoms with Crippen LogP contribution in [0.5, 0.6) is 0 Å². The lowest BCUT2D eigenvalue weighted by Gasteiger charge is -2.54. The molecule has 0 spiro atoms. The van der Waals surface area contributed by atoms with Gasteiger partial charge >= 0.3 is 0 Å². The zero-order valence-electron chi connectivity index (χ0n) is 16.7. The number of halogens is 3. The first-order valence-electron chi connectivity index (χ1n) is 10.0. The first-order valence-corrected chi connectivity index (χ1v) is 11.1. The van der Waals surface area contributed by atoms with Crippen LogP contribution >= 0.6 is 22.6 Å². The lowest BCUT2D eigenvalue weighted by molar-refractivity contribution is -0.135. The molecule has 0 bridgehead atoms. The van der Waals surface area contributed by atoms with E-state index in [-0.39, 0.29) is 42.0 Å². The van der Waals surface area contributed by atoms with Crippen molar-refractivity contribution >= 4 is 39.9 Å². The van der Waals surface area contributed by atoms with Gasteiger partial charge in [0.05, 0.1) is 30.0 Å². The minimum Gasteiger partial charge on any atom is -0.385 e. The summed E-state index contributed by atoms with van der Waals surface area (Å²) in [5.74, 6) is -1.32. The quantitative estimate of drug-likeness (QED) is 0.591. The number of amides is 1. The standard InChI is InChI=1S/C22H24F2IN3O2/c1-27-9-3-2-4-20(27)22(30)12-28(13-22)21(29)16-7-5-14(23)10-19(16)26-18-8-6-15(25)11-17(18)24/h5-8,10-11,20,26,30H,2-4,9,12-13H2,1H3/t20-/m0/s1. The summed E-state index contributed by atoms with van der Waals surface area (Å²) < 4.78 is 28.9. The number of likely N-dealkylation sites (N-methyl/N-ethyl adjacent to an activating group) is 1. The average Bonchev–Trinajstić information content (AvgIpc) is 2.68. The highest BCUT2D eigenvalue weighted by Gasteiger charge is 2.51. The van der Waals surface area contributed by atoms with Gasteiger partial charge in [-0.25, -0.2) is 8.78 Å². The topological polar surface area (TPSA) is 55.8 Å². The van der Waals surface area contributed by atoms with E-state index < -0.39 is 17.2 Å². The Morgan fingerprint density at radius 3 is 2.63 bits per heavy atom. The summed E-state index contributed by atoms with van der Waals surface area (Å²) in [5, 5.41) is 13.9. The van der Waals surface area contributed by atoms with Crippen LogP contribution in [0.25, 0.3) is 0 Å². The molecule has 0 aromatic heterocycles. The molecular weight excluding hydrogens is 503 g/mol. The smallest absolute Gasteiger partial charge is 0.256 e. The number of carbonyl (C=O) groups excluding carboxylic acids is 1. The highest BCUT2D eigenvalue weighted by molar-refractivity contribution is 14.1. The Hall–Kier alpha value is -1.78. The molecule has 2 fully saturated rings. The Labute approximate surface area is 188 Å². The van der Waals surface area contributed by atoms with Crippen molar-refractivity contribution in [3.8, 4) is 0 Å². The summed E-state index contributed by atoms with van der Waals surface area (Å²) in [5.41, 5.74) is -0.321. The zero-order valence-corrected chi connectivity index (χ0v) is 18.8. The van der Waals surface area contributed by atoms with Crippen molar-refractivity contribution in [3.05, 3.63) is 57.2 Å². The molecule has 2 N–H and O–H groups in total. The Kier molecular flexibility index (Phi) is 6.00. The monoisotopic (exact) mass is 527 g/mol. The van der Waals surface area contributed by atoms with E-state index in [0.717, 1.165) is 29.4 Å². The van der Waals surface area contributed by atoms with Crippen LogP contribution in [0.4, 0.5) is 20.2 Å². The third-order valence-electron chi connectivity index (χ3n) is 6.02. The molecular formula is C22H24F2IN3O2. The molecule has 5 nitrogen and oxygen atoms in total. The molecule has 30 heavy (non-hydrogen) atoms. The van der Waals surface area contributed by atoms with E-state index in [2.05, 4.69) is 10.2 Å². The Morgan fingerprint density at radius 2 is 1.93 bits per heavy atom. The molecule has 4 rings (SSSR count). The van der Waals surface area contributed by atoms with E-state index in [1.54, 1.807) is 17.0 Å². The van der Waals surface area contributed by atoms with Gasteiger partial charge in [0.1, 0.15) is 17.2 Å². The van der Waals surface area contributed by atoms with Gasteiger partial charge in [-0.05, 0) is 85.4 Å². The lowest BCUT2D eigenvalue weighted by atomic mass is 9.80. The third-order valence-corrected chi connectivity index (χ3v) is 6.69. The lowest BCUT2D eigenvalue weighted by Crippen LogP contribution is -2.72. The Balaban J connectivity index is 1.52. The van der Waals surface area contributed by atoms with E-state index >= 15 is 0 Å². The molecule has 1 amide bonds. The molecule has 0 unspecified atom stereocenters. The van der Waals surface area contributed by atoms with Crippen molar-refractivity contribution in [3.63, 3.8) is 0 Å². The summed E-state index contributed by atoms with van der Waals surface area (Å²) in [6.45, 7) is 1.40. The predicted molar refractivity (Wildman–Crippen MR) is 120 cm³/mol. The maximum atomic E-state index is 14.3. The number of benzene rings is 2. The first kappa shape index (κ1) is 21.5. The fraction of sp³-hybridized carbons (Fsp3) is 0.409. The van der Waals surface area contributed by atoms with Crippen molar-refractivity contribution in [2.75, 3.05) is 32.0 Å². The molecule has 2 saturated heterocycles. The van der Waals surface area contributed by atoms with E-state index in [4.69, 9.17) is 0 Å². The van der Waals surface area contributed by atoms with Crippen molar-refractivity contribution in [2.24, 2.45) is 0 Å². The van der Waals surface area contributed by atoms with Crippen LogP contribution in [0.2, 0.25) is 0 Å². The van der Waals surface area contributed by atoms with Crippen molar-refractivity contribution in [1.29, 1.82) is 0 Å². The van der Waals surface area contributed by atoms with Crippen LogP contribution in [0.1, 0.15) is 29.6 Å². The molecule has 2 heterocycles. The maximum absolute atomic E-state index is 14.3. The third kappa shape index (κ3) is 4.17. The predicted octanol–water partition coefficient (Wildman–Crippen LogP) is 3.98. The fourth-order valence-corrected chi connectivity index (χ4v) is 4.89. The molecule has 160 valence electrons. The minimum atomic E-state index is -0.930. The van der Waals surface area contributed by atoms with Crippen LogP contribution in [0.15, 0.2) is 36.4 Å². The second kappa shape index (κ2) is 8.39.